The first kappa shape index (κ1) is 10.5. The summed E-state index contributed by atoms with van der Waals surface area (Å²) in [6.07, 6.45) is 6.52. The normalized spacial score (nSPS) is 21.8. The van der Waals surface area contributed by atoms with Crippen LogP contribution in [0.15, 0.2) is 24.7 Å². The van der Waals surface area contributed by atoms with Crippen molar-refractivity contribution in [1.82, 2.24) is 14.6 Å². The van der Waals surface area contributed by atoms with Crippen LogP contribution in [0.3, 0.4) is 0 Å². The summed E-state index contributed by atoms with van der Waals surface area (Å²) >= 11 is 0. The average Bonchev–Trinajstić information content (AvgIpc) is 3.00. The highest BCUT2D eigenvalue weighted by atomic mass is 16.5. The Morgan fingerprint density at radius 1 is 1.53 bits per heavy atom. The number of rotatable bonds is 3. The smallest absolute Gasteiger partial charge is 0.152 e. The summed E-state index contributed by atoms with van der Waals surface area (Å²) in [6, 6.07) is 2.33. The Morgan fingerprint density at radius 2 is 2.47 bits per heavy atom. The highest BCUT2D eigenvalue weighted by Gasteiger charge is 2.22. The van der Waals surface area contributed by atoms with Gasteiger partial charge in [0, 0.05) is 31.0 Å². The summed E-state index contributed by atoms with van der Waals surface area (Å²) in [7, 11) is 0. The first-order chi connectivity index (χ1) is 8.34. The molecule has 5 heteroatoms. The molecule has 1 aliphatic rings. The molecule has 0 aliphatic carbocycles. The molecule has 1 N–H and O–H groups in total. The second kappa shape index (κ2) is 4.33. The Balaban J connectivity index is 1.81. The lowest BCUT2D eigenvalue weighted by molar-refractivity contribution is 0.183. The van der Waals surface area contributed by atoms with Crippen molar-refractivity contribution < 1.29 is 4.74 Å². The summed E-state index contributed by atoms with van der Waals surface area (Å²) in [6.45, 7) is 3.90. The van der Waals surface area contributed by atoms with Crippen LogP contribution in [-0.2, 0) is 4.74 Å². The van der Waals surface area contributed by atoms with Gasteiger partial charge < -0.3 is 10.1 Å². The van der Waals surface area contributed by atoms with Crippen LogP contribution in [-0.4, -0.2) is 33.9 Å². The van der Waals surface area contributed by atoms with E-state index in [2.05, 4.69) is 22.3 Å². The molecule has 0 saturated carbocycles. The van der Waals surface area contributed by atoms with E-state index in [0.29, 0.717) is 12.0 Å². The molecule has 2 unspecified atom stereocenters. The van der Waals surface area contributed by atoms with Gasteiger partial charge >= 0.3 is 0 Å². The third kappa shape index (κ3) is 1.98. The Kier molecular flexibility index (Phi) is 2.68. The van der Waals surface area contributed by atoms with Crippen LogP contribution < -0.4 is 5.32 Å². The minimum absolute atomic E-state index is 0.367. The van der Waals surface area contributed by atoms with Gasteiger partial charge in [-0.2, -0.15) is 5.10 Å². The predicted octanol–water partition coefficient (Wildman–Crippen LogP) is 1.57. The molecular formula is C12H16N4O. The van der Waals surface area contributed by atoms with E-state index in [1.807, 2.05) is 16.8 Å². The molecular weight excluding hydrogens is 216 g/mol. The van der Waals surface area contributed by atoms with Gasteiger partial charge in [0.2, 0.25) is 0 Å². The molecule has 2 aromatic heterocycles. The molecule has 0 aromatic carbocycles. The molecule has 2 aromatic rings. The molecule has 3 heterocycles. The zero-order chi connectivity index (χ0) is 11.7. The minimum Gasteiger partial charge on any atom is -0.381 e. The third-order valence-corrected chi connectivity index (χ3v) is 3.36. The molecule has 2 atom stereocenters. The van der Waals surface area contributed by atoms with E-state index in [-0.39, 0.29) is 0 Å². The summed E-state index contributed by atoms with van der Waals surface area (Å²) in [5.74, 6) is 1.46. The predicted molar refractivity (Wildman–Crippen MR) is 65.0 cm³/mol. The minimum atomic E-state index is 0.367. The van der Waals surface area contributed by atoms with Crippen molar-refractivity contribution in [3.63, 3.8) is 0 Å². The molecule has 90 valence electrons. The van der Waals surface area contributed by atoms with Gasteiger partial charge in [0.1, 0.15) is 5.52 Å². The van der Waals surface area contributed by atoms with E-state index in [1.54, 1.807) is 12.4 Å². The fourth-order valence-corrected chi connectivity index (χ4v) is 2.25. The highest BCUT2D eigenvalue weighted by Crippen LogP contribution is 2.21. The number of nitrogens with one attached hydrogen (secondary N) is 1. The molecule has 3 rings (SSSR count). The molecule has 0 radical (unpaired) electrons. The van der Waals surface area contributed by atoms with E-state index >= 15 is 0 Å². The standard InChI is InChI=1S/C12H16N4O/c1-9(10-3-7-17-8-10)15-12-11-2-4-14-16(11)6-5-13-12/h2,4-6,9-10H,3,7-8H2,1H3,(H,13,15). The van der Waals surface area contributed by atoms with Crippen molar-refractivity contribution in [1.29, 1.82) is 0 Å². The van der Waals surface area contributed by atoms with Crippen molar-refractivity contribution in [3.05, 3.63) is 24.7 Å². The van der Waals surface area contributed by atoms with Crippen LogP contribution in [0.1, 0.15) is 13.3 Å². The summed E-state index contributed by atoms with van der Waals surface area (Å²) in [4.78, 5) is 4.38. The Morgan fingerprint density at radius 3 is 3.29 bits per heavy atom. The average molecular weight is 232 g/mol. The van der Waals surface area contributed by atoms with Crippen molar-refractivity contribution >= 4 is 11.3 Å². The van der Waals surface area contributed by atoms with Crippen molar-refractivity contribution in [3.8, 4) is 0 Å². The number of ether oxygens (including phenoxy) is 1. The number of aromatic nitrogens is 3. The van der Waals surface area contributed by atoms with Gasteiger partial charge in [0.25, 0.3) is 0 Å². The maximum absolute atomic E-state index is 5.41. The van der Waals surface area contributed by atoms with Gasteiger partial charge in [0.05, 0.1) is 12.8 Å². The lowest BCUT2D eigenvalue weighted by atomic mass is 10.0. The maximum Gasteiger partial charge on any atom is 0.152 e. The molecule has 1 fully saturated rings. The number of anilines is 1. The second-order valence-corrected chi connectivity index (χ2v) is 4.49. The van der Waals surface area contributed by atoms with Crippen LogP contribution in [0, 0.1) is 5.92 Å². The molecule has 1 aliphatic heterocycles. The zero-order valence-electron chi connectivity index (χ0n) is 9.84. The maximum atomic E-state index is 5.41. The molecule has 0 bridgehead atoms. The molecule has 5 nitrogen and oxygen atoms in total. The third-order valence-electron chi connectivity index (χ3n) is 3.36. The van der Waals surface area contributed by atoms with Crippen LogP contribution in [0.5, 0.6) is 0 Å². The van der Waals surface area contributed by atoms with Crippen molar-refractivity contribution in [2.24, 2.45) is 5.92 Å². The van der Waals surface area contributed by atoms with Crippen molar-refractivity contribution in [2.45, 2.75) is 19.4 Å². The topological polar surface area (TPSA) is 51.5 Å². The molecule has 0 spiro atoms. The Bertz CT molecular complexity index is 504. The van der Waals surface area contributed by atoms with Crippen molar-refractivity contribution in [2.75, 3.05) is 18.5 Å². The van der Waals surface area contributed by atoms with Gasteiger partial charge in [-0.05, 0) is 19.4 Å². The van der Waals surface area contributed by atoms with E-state index < -0.39 is 0 Å². The quantitative estimate of drug-likeness (QED) is 0.872. The lowest BCUT2D eigenvalue weighted by Gasteiger charge is -2.20. The van der Waals surface area contributed by atoms with Crippen LogP contribution in [0.2, 0.25) is 0 Å². The number of hydrogen-bond donors (Lipinski definition) is 1. The summed E-state index contributed by atoms with van der Waals surface area (Å²) in [5, 5.41) is 7.66. The molecule has 0 amide bonds. The van der Waals surface area contributed by atoms with E-state index in [1.165, 1.54) is 0 Å². The van der Waals surface area contributed by atoms with Crippen LogP contribution in [0.4, 0.5) is 5.82 Å². The van der Waals surface area contributed by atoms with Gasteiger partial charge in [0.15, 0.2) is 5.82 Å². The fourth-order valence-electron chi connectivity index (χ4n) is 2.25. The van der Waals surface area contributed by atoms with Gasteiger partial charge in [-0.25, -0.2) is 9.50 Å². The first-order valence-corrected chi connectivity index (χ1v) is 5.97. The van der Waals surface area contributed by atoms with E-state index in [4.69, 9.17) is 4.74 Å². The van der Waals surface area contributed by atoms with Crippen LogP contribution >= 0.6 is 0 Å². The summed E-state index contributed by atoms with van der Waals surface area (Å²) < 4.78 is 7.24. The number of fused-ring (bicyclic) bond motifs is 1. The second-order valence-electron chi connectivity index (χ2n) is 4.49. The van der Waals surface area contributed by atoms with Gasteiger partial charge in [-0.15, -0.1) is 0 Å². The van der Waals surface area contributed by atoms with Gasteiger partial charge in [-0.3, -0.25) is 0 Å². The molecule has 1 saturated heterocycles. The SMILES string of the molecule is CC(Nc1nccn2nccc12)C1CCOC1. The zero-order valence-corrected chi connectivity index (χ0v) is 9.84. The first-order valence-electron chi connectivity index (χ1n) is 5.97. The number of nitrogens with zero attached hydrogens (tertiary/aromatic N) is 3. The van der Waals surface area contributed by atoms with E-state index in [0.717, 1.165) is 31.0 Å². The largest absolute Gasteiger partial charge is 0.381 e. The van der Waals surface area contributed by atoms with Gasteiger partial charge in [-0.1, -0.05) is 0 Å². The summed E-state index contributed by atoms with van der Waals surface area (Å²) in [5.41, 5.74) is 1.01. The monoisotopic (exact) mass is 232 g/mol. The lowest BCUT2D eigenvalue weighted by Crippen LogP contribution is -2.26. The van der Waals surface area contributed by atoms with E-state index in [9.17, 15) is 0 Å². The Hall–Kier alpha value is -1.62. The Labute approximate surface area is 99.8 Å². The fraction of sp³-hybridized carbons (Fsp3) is 0.500. The van der Waals surface area contributed by atoms with Crippen LogP contribution in [0.25, 0.3) is 5.52 Å². The molecule has 17 heavy (non-hydrogen) atoms. The highest BCUT2D eigenvalue weighted by molar-refractivity contribution is 5.67. The number of hydrogen-bond acceptors (Lipinski definition) is 4.